The summed E-state index contributed by atoms with van der Waals surface area (Å²) in [5.41, 5.74) is 1.85. The first-order chi connectivity index (χ1) is 8.42. The molecule has 0 spiro atoms. The molecule has 0 saturated carbocycles. The molecule has 0 atom stereocenters. The quantitative estimate of drug-likeness (QED) is 0.905. The Morgan fingerprint density at radius 2 is 1.78 bits per heavy atom. The lowest BCUT2D eigenvalue weighted by Crippen LogP contribution is -2.24. The standard InChI is InChI=1S/C14H21BrO3/c1-6-9-10(14(2,3)8-16)7-11(15)13(18-5)12(9)17-4/h7,16H,6,8H2,1-5H3. The van der Waals surface area contributed by atoms with E-state index in [9.17, 15) is 5.11 Å². The minimum Gasteiger partial charge on any atom is -0.493 e. The zero-order valence-electron chi connectivity index (χ0n) is 11.6. The van der Waals surface area contributed by atoms with E-state index in [4.69, 9.17) is 9.47 Å². The van der Waals surface area contributed by atoms with Crippen molar-refractivity contribution in [1.29, 1.82) is 0 Å². The smallest absolute Gasteiger partial charge is 0.175 e. The van der Waals surface area contributed by atoms with Crippen molar-refractivity contribution in [2.24, 2.45) is 0 Å². The molecule has 3 nitrogen and oxygen atoms in total. The Balaban J connectivity index is 3.59. The fourth-order valence-electron chi connectivity index (χ4n) is 2.09. The van der Waals surface area contributed by atoms with Crippen molar-refractivity contribution >= 4 is 15.9 Å². The van der Waals surface area contributed by atoms with E-state index in [-0.39, 0.29) is 12.0 Å². The Morgan fingerprint density at radius 3 is 2.17 bits per heavy atom. The van der Waals surface area contributed by atoms with Crippen LogP contribution in [0.4, 0.5) is 0 Å². The maximum Gasteiger partial charge on any atom is 0.175 e. The second-order valence-corrected chi connectivity index (χ2v) is 5.70. The van der Waals surface area contributed by atoms with Crippen LogP contribution < -0.4 is 9.47 Å². The van der Waals surface area contributed by atoms with Crippen molar-refractivity contribution in [1.82, 2.24) is 0 Å². The van der Waals surface area contributed by atoms with E-state index in [1.54, 1.807) is 14.2 Å². The Labute approximate surface area is 117 Å². The first kappa shape index (κ1) is 15.3. The number of halogens is 1. The zero-order chi connectivity index (χ0) is 13.9. The molecule has 0 bridgehead atoms. The monoisotopic (exact) mass is 316 g/mol. The number of benzene rings is 1. The molecule has 1 aromatic carbocycles. The van der Waals surface area contributed by atoms with Gasteiger partial charge >= 0.3 is 0 Å². The van der Waals surface area contributed by atoms with Crippen LogP contribution >= 0.6 is 15.9 Å². The number of rotatable bonds is 5. The minimum absolute atomic E-state index is 0.0852. The zero-order valence-corrected chi connectivity index (χ0v) is 13.2. The molecule has 0 fully saturated rings. The van der Waals surface area contributed by atoms with Gasteiger partial charge in [0.25, 0.3) is 0 Å². The van der Waals surface area contributed by atoms with E-state index in [2.05, 4.69) is 22.9 Å². The van der Waals surface area contributed by atoms with Gasteiger partial charge in [-0.2, -0.15) is 0 Å². The van der Waals surface area contributed by atoms with Crippen LogP contribution in [0.3, 0.4) is 0 Å². The number of ether oxygens (including phenoxy) is 2. The lowest BCUT2D eigenvalue weighted by atomic mass is 9.81. The molecule has 0 radical (unpaired) electrons. The first-order valence-electron chi connectivity index (χ1n) is 5.97. The topological polar surface area (TPSA) is 38.7 Å². The van der Waals surface area contributed by atoms with E-state index in [1.165, 1.54) is 0 Å². The molecule has 1 aromatic rings. The van der Waals surface area contributed by atoms with Crippen molar-refractivity contribution in [2.75, 3.05) is 20.8 Å². The molecular formula is C14H21BrO3. The van der Waals surface area contributed by atoms with Crippen molar-refractivity contribution in [3.8, 4) is 11.5 Å². The van der Waals surface area contributed by atoms with Crippen LogP contribution in [0.25, 0.3) is 0 Å². The molecule has 102 valence electrons. The van der Waals surface area contributed by atoms with Gasteiger partial charge in [0.15, 0.2) is 11.5 Å². The van der Waals surface area contributed by atoms with Gasteiger partial charge in [0.2, 0.25) is 0 Å². The summed E-state index contributed by atoms with van der Waals surface area (Å²) < 4.78 is 11.7. The van der Waals surface area contributed by atoms with E-state index in [0.29, 0.717) is 5.75 Å². The van der Waals surface area contributed by atoms with Gasteiger partial charge < -0.3 is 14.6 Å². The van der Waals surface area contributed by atoms with E-state index < -0.39 is 0 Å². The van der Waals surface area contributed by atoms with Gasteiger partial charge in [-0.3, -0.25) is 0 Å². The van der Waals surface area contributed by atoms with Crippen molar-refractivity contribution in [3.63, 3.8) is 0 Å². The van der Waals surface area contributed by atoms with Crippen molar-refractivity contribution in [3.05, 3.63) is 21.7 Å². The van der Waals surface area contributed by atoms with Crippen LogP contribution in [0, 0.1) is 0 Å². The Bertz CT molecular complexity index is 428. The largest absolute Gasteiger partial charge is 0.493 e. The molecule has 0 aliphatic heterocycles. The molecule has 18 heavy (non-hydrogen) atoms. The van der Waals surface area contributed by atoms with Gasteiger partial charge in [-0.15, -0.1) is 0 Å². The number of aliphatic hydroxyl groups is 1. The predicted molar refractivity (Wildman–Crippen MR) is 76.7 cm³/mol. The maximum absolute atomic E-state index is 9.56. The average Bonchev–Trinajstić information content (AvgIpc) is 2.37. The van der Waals surface area contributed by atoms with Crippen LogP contribution in [0.5, 0.6) is 11.5 Å². The molecule has 0 heterocycles. The molecule has 0 aliphatic carbocycles. The maximum atomic E-state index is 9.56. The summed E-state index contributed by atoms with van der Waals surface area (Å²) in [6.45, 7) is 6.18. The molecular weight excluding hydrogens is 296 g/mol. The molecule has 1 N–H and O–H groups in total. The van der Waals surface area contributed by atoms with E-state index in [1.807, 2.05) is 19.9 Å². The highest BCUT2D eigenvalue weighted by atomic mass is 79.9. The van der Waals surface area contributed by atoms with E-state index in [0.717, 1.165) is 27.8 Å². The highest BCUT2D eigenvalue weighted by Crippen LogP contribution is 2.43. The summed E-state index contributed by atoms with van der Waals surface area (Å²) in [6.07, 6.45) is 0.825. The molecule has 0 saturated heterocycles. The second-order valence-electron chi connectivity index (χ2n) is 4.85. The molecule has 0 aromatic heterocycles. The Kier molecular flexibility index (Phi) is 5.05. The molecule has 0 aliphatic rings. The normalized spacial score (nSPS) is 11.5. The van der Waals surface area contributed by atoms with Crippen molar-refractivity contribution in [2.45, 2.75) is 32.6 Å². The van der Waals surface area contributed by atoms with Crippen molar-refractivity contribution < 1.29 is 14.6 Å². The summed E-state index contributed by atoms with van der Waals surface area (Å²) in [4.78, 5) is 0. The number of aliphatic hydroxyl groups excluding tert-OH is 1. The molecule has 0 amide bonds. The summed E-state index contributed by atoms with van der Waals surface area (Å²) in [5.74, 6) is 1.44. The van der Waals surface area contributed by atoms with Crippen LogP contribution in [0.15, 0.2) is 10.5 Å². The van der Waals surface area contributed by atoms with Gasteiger partial charge in [0.1, 0.15) is 0 Å². The van der Waals surface area contributed by atoms with E-state index >= 15 is 0 Å². The number of hydrogen-bond acceptors (Lipinski definition) is 3. The Morgan fingerprint density at radius 1 is 1.22 bits per heavy atom. The van der Waals surface area contributed by atoms with Crippen LogP contribution in [0.1, 0.15) is 31.9 Å². The third-order valence-corrected chi connectivity index (χ3v) is 3.77. The first-order valence-corrected chi connectivity index (χ1v) is 6.76. The van der Waals surface area contributed by atoms with Gasteiger partial charge in [-0.05, 0) is 34.0 Å². The summed E-state index contributed by atoms with van der Waals surface area (Å²) >= 11 is 3.50. The number of methoxy groups -OCH3 is 2. The lowest BCUT2D eigenvalue weighted by molar-refractivity contribution is 0.217. The predicted octanol–water partition coefficient (Wildman–Crippen LogP) is 3.30. The second kappa shape index (κ2) is 5.93. The highest BCUT2D eigenvalue weighted by Gasteiger charge is 2.27. The Hall–Kier alpha value is -0.740. The molecule has 1 rings (SSSR count). The summed E-state index contributed by atoms with van der Waals surface area (Å²) in [5, 5.41) is 9.56. The third-order valence-electron chi connectivity index (χ3n) is 3.18. The highest BCUT2D eigenvalue weighted by molar-refractivity contribution is 9.10. The molecule has 4 heteroatoms. The average molecular weight is 317 g/mol. The van der Waals surface area contributed by atoms with Crippen LogP contribution in [-0.2, 0) is 11.8 Å². The summed E-state index contributed by atoms with van der Waals surface area (Å²) in [7, 11) is 3.26. The van der Waals surface area contributed by atoms with Gasteiger partial charge in [0, 0.05) is 11.0 Å². The fraction of sp³-hybridized carbons (Fsp3) is 0.571. The van der Waals surface area contributed by atoms with Crippen LogP contribution in [0.2, 0.25) is 0 Å². The SMILES string of the molecule is CCc1c(C(C)(C)CO)cc(Br)c(OC)c1OC. The van der Waals surface area contributed by atoms with Gasteiger partial charge in [0.05, 0.1) is 25.3 Å². The summed E-state index contributed by atoms with van der Waals surface area (Å²) in [6, 6.07) is 2.01. The minimum atomic E-state index is -0.312. The number of hydrogen-bond donors (Lipinski definition) is 1. The third kappa shape index (κ3) is 2.64. The fourth-order valence-corrected chi connectivity index (χ4v) is 2.66. The lowest BCUT2D eigenvalue weighted by Gasteiger charge is -2.28. The van der Waals surface area contributed by atoms with Crippen LogP contribution in [-0.4, -0.2) is 25.9 Å². The van der Waals surface area contributed by atoms with Gasteiger partial charge in [-0.1, -0.05) is 20.8 Å². The molecule has 0 unspecified atom stereocenters. The van der Waals surface area contributed by atoms with Gasteiger partial charge in [-0.25, -0.2) is 0 Å².